The molecule has 2 atom stereocenters. The third kappa shape index (κ3) is 3.38. The molecule has 0 heterocycles. The highest BCUT2D eigenvalue weighted by molar-refractivity contribution is 5.79. The fourth-order valence-corrected chi connectivity index (χ4v) is 3.80. The third-order valence-corrected chi connectivity index (χ3v) is 4.90. The van der Waals surface area contributed by atoms with Crippen molar-refractivity contribution in [2.45, 2.75) is 57.4 Å². The maximum atomic E-state index is 12.9. The van der Waals surface area contributed by atoms with Crippen molar-refractivity contribution in [2.24, 2.45) is 17.6 Å². The first-order valence-corrected chi connectivity index (χ1v) is 7.89. The van der Waals surface area contributed by atoms with E-state index in [1.807, 2.05) is 6.08 Å². The summed E-state index contributed by atoms with van der Waals surface area (Å²) >= 11 is 0. The molecule has 2 aliphatic carbocycles. The van der Waals surface area contributed by atoms with Crippen LogP contribution in [0.1, 0.15) is 51.4 Å². The van der Waals surface area contributed by atoms with Crippen LogP contribution < -0.4 is 5.73 Å². The summed E-state index contributed by atoms with van der Waals surface area (Å²) in [5.74, 6) is 0.913. The van der Waals surface area contributed by atoms with E-state index in [0.29, 0.717) is 31.0 Å². The van der Waals surface area contributed by atoms with Crippen LogP contribution in [0.15, 0.2) is 12.7 Å². The first-order valence-electron chi connectivity index (χ1n) is 7.89. The Morgan fingerprint density at radius 1 is 1.16 bits per heavy atom. The van der Waals surface area contributed by atoms with Gasteiger partial charge in [-0.25, -0.2) is 0 Å². The Hall–Kier alpha value is -0.830. The van der Waals surface area contributed by atoms with E-state index in [9.17, 15) is 4.79 Å². The number of carbonyl (C=O) groups excluding carboxylic acids is 1. The van der Waals surface area contributed by atoms with E-state index < -0.39 is 0 Å². The van der Waals surface area contributed by atoms with Gasteiger partial charge in [-0.2, -0.15) is 0 Å². The molecule has 0 saturated heterocycles. The molecule has 1 amide bonds. The van der Waals surface area contributed by atoms with Gasteiger partial charge in [-0.1, -0.05) is 31.8 Å². The minimum absolute atomic E-state index is 0.166. The van der Waals surface area contributed by atoms with Gasteiger partial charge in [0.05, 0.1) is 0 Å². The van der Waals surface area contributed by atoms with Crippen molar-refractivity contribution in [2.75, 3.05) is 13.1 Å². The Balaban J connectivity index is 2.06. The standard InChI is InChI=1S/C16H28N2O/c1-2-11-18(14-8-4-5-9-14)16(19)15-10-6-3-7-13(15)12-17/h2,13-15H,1,3-12,17H2. The van der Waals surface area contributed by atoms with Gasteiger partial charge >= 0.3 is 0 Å². The molecule has 0 aromatic rings. The number of hydrogen-bond donors (Lipinski definition) is 1. The van der Waals surface area contributed by atoms with Gasteiger partial charge in [-0.05, 0) is 38.1 Å². The normalized spacial score (nSPS) is 28.3. The first-order chi connectivity index (χ1) is 9.27. The average Bonchev–Trinajstić information content (AvgIpc) is 2.98. The predicted octanol–water partition coefficient (Wildman–Crippen LogP) is 2.71. The summed E-state index contributed by atoms with van der Waals surface area (Å²) in [6.07, 6.45) is 11.3. The molecular formula is C16H28N2O. The number of nitrogens with two attached hydrogens (primary N) is 1. The van der Waals surface area contributed by atoms with Crippen molar-refractivity contribution < 1.29 is 4.79 Å². The van der Waals surface area contributed by atoms with Crippen molar-refractivity contribution in [1.29, 1.82) is 0 Å². The summed E-state index contributed by atoms with van der Waals surface area (Å²) in [6, 6.07) is 0.450. The van der Waals surface area contributed by atoms with Crippen molar-refractivity contribution in [3.63, 3.8) is 0 Å². The van der Waals surface area contributed by atoms with E-state index in [1.54, 1.807) is 0 Å². The number of carbonyl (C=O) groups is 1. The second-order valence-electron chi connectivity index (χ2n) is 6.10. The van der Waals surface area contributed by atoms with Crippen LogP contribution in [-0.4, -0.2) is 29.9 Å². The minimum Gasteiger partial charge on any atom is -0.336 e. The van der Waals surface area contributed by atoms with E-state index in [4.69, 9.17) is 5.73 Å². The fraction of sp³-hybridized carbons (Fsp3) is 0.812. The molecule has 2 N–H and O–H groups in total. The second-order valence-corrected chi connectivity index (χ2v) is 6.10. The van der Waals surface area contributed by atoms with E-state index in [1.165, 1.54) is 38.5 Å². The van der Waals surface area contributed by atoms with Gasteiger partial charge in [0.25, 0.3) is 0 Å². The number of hydrogen-bond acceptors (Lipinski definition) is 2. The van der Waals surface area contributed by atoms with Crippen LogP contribution in [0.3, 0.4) is 0 Å². The molecule has 0 aromatic carbocycles. The smallest absolute Gasteiger partial charge is 0.226 e. The van der Waals surface area contributed by atoms with Crippen LogP contribution in [0.4, 0.5) is 0 Å². The first kappa shape index (κ1) is 14.6. The quantitative estimate of drug-likeness (QED) is 0.776. The van der Waals surface area contributed by atoms with Gasteiger partial charge in [0.1, 0.15) is 0 Å². The third-order valence-electron chi connectivity index (χ3n) is 4.90. The lowest BCUT2D eigenvalue weighted by molar-refractivity contribution is -0.140. The molecule has 0 aromatic heterocycles. The topological polar surface area (TPSA) is 46.3 Å². The molecule has 2 aliphatic rings. The average molecular weight is 264 g/mol. The molecule has 2 saturated carbocycles. The molecular weight excluding hydrogens is 236 g/mol. The highest BCUT2D eigenvalue weighted by Crippen LogP contribution is 2.33. The van der Waals surface area contributed by atoms with Crippen molar-refractivity contribution in [3.8, 4) is 0 Å². The second kappa shape index (κ2) is 7.09. The van der Waals surface area contributed by atoms with Crippen LogP contribution in [0.5, 0.6) is 0 Å². The van der Waals surface area contributed by atoms with Gasteiger partial charge in [0.2, 0.25) is 5.91 Å². The molecule has 0 aliphatic heterocycles. The molecule has 0 spiro atoms. The van der Waals surface area contributed by atoms with Gasteiger partial charge in [-0.15, -0.1) is 6.58 Å². The van der Waals surface area contributed by atoms with Gasteiger partial charge in [0, 0.05) is 18.5 Å². The highest BCUT2D eigenvalue weighted by atomic mass is 16.2. The minimum atomic E-state index is 0.166. The Labute approximate surface area is 117 Å². The van der Waals surface area contributed by atoms with E-state index in [0.717, 1.165) is 12.8 Å². The maximum absolute atomic E-state index is 12.9. The zero-order valence-corrected chi connectivity index (χ0v) is 12.0. The summed E-state index contributed by atoms with van der Waals surface area (Å²) in [6.45, 7) is 5.18. The Kier molecular flexibility index (Phi) is 5.44. The number of nitrogens with zero attached hydrogens (tertiary/aromatic N) is 1. The van der Waals surface area contributed by atoms with Crippen LogP contribution in [0.2, 0.25) is 0 Å². The lowest BCUT2D eigenvalue weighted by Gasteiger charge is -2.36. The highest BCUT2D eigenvalue weighted by Gasteiger charge is 2.35. The summed E-state index contributed by atoms with van der Waals surface area (Å²) < 4.78 is 0. The number of amides is 1. The van der Waals surface area contributed by atoms with Gasteiger partial charge in [-0.3, -0.25) is 4.79 Å². The lowest BCUT2D eigenvalue weighted by Crippen LogP contribution is -2.46. The fourth-order valence-electron chi connectivity index (χ4n) is 3.80. The largest absolute Gasteiger partial charge is 0.336 e. The van der Waals surface area contributed by atoms with Gasteiger partial charge < -0.3 is 10.6 Å². The van der Waals surface area contributed by atoms with E-state index in [2.05, 4.69) is 11.5 Å². The number of rotatable bonds is 5. The van der Waals surface area contributed by atoms with E-state index >= 15 is 0 Å². The molecule has 2 fully saturated rings. The van der Waals surface area contributed by atoms with Crippen molar-refractivity contribution in [1.82, 2.24) is 4.90 Å². The summed E-state index contributed by atoms with van der Waals surface area (Å²) in [5.41, 5.74) is 5.87. The van der Waals surface area contributed by atoms with Crippen LogP contribution in [0, 0.1) is 11.8 Å². The zero-order valence-electron chi connectivity index (χ0n) is 12.0. The lowest BCUT2D eigenvalue weighted by atomic mass is 9.78. The molecule has 2 unspecified atom stereocenters. The van der Waals surface area contributed by atoms with Crippen molar-refractivity contribution in [3.05, 3.63) is 12.7 Å². The van der Waals surface area contributed by atoms with Crippen LogP contribution >= 0.6 is 0 Å². The summed E-state index contributed by atoms with van der Waals surface area (Å²) in [7, 11) is 0. The van der Waals surface area contributed by atoms with E-state index in [-0.39, 0.29) is 5.92 Å². The zero-order chi connectivity index (χ0) is 13.7. The molecule has 3 nitrogen and oxygen atoms in total. The maximum Gasteiger partial charge on any atom is 0.226 e. The predicted molar refractivity (Wildman–Crippen MR) is 78.7 cm³/mol. The summed E-state index contributed by atoms with van der Waals surface area (Å²) in [5, 5.41) is 0. The Morgan fingerprint density at radius 3 is 2.42 bits per heavy atom. The van der Waals surface area contributed by atoms with Crippen LogP contribution in [-0.2, 0) is 4.79 Å². The Morgan fingerprint density at radius 2 is 1.79 bits per heavy atom. The molecule has 0 bridgehead atoms. The van der Waals surface area contributed by atoms with Gasteiger partial charge in [0.15, 0.2) is 0 Å². The molecule has 0 radical (unpaired) electrons. The monoisotopic (exact) mass is 264 g/mol. The molecule has 108 valence electrons. The van der Waals surface area contributed by atoms with Crippen molar-refractivity contribution >= 4 is 5.91 Å². The summed E-state index contributed by atoms with van der Waals surface area (Å²) in [4.78, 5) is 15.0. The SMILES string of the molecule is C=CCN(C(=O)C1CCCCC1CN)C1CCCC1. The Bertz CT molecular complexity index is 310. The van der Waals surface area contributed by atoms with Crippen LogP contribution in [0.25, 0.3) is 0 Å². The molecule has 2 rings (SSSR count). The molecule has 19 heavy (non-hydrogen) atoms. The molecule has 3 heteroatoms.